The highest BCUT2D eigenvalue weighted by Crippen LogP contribution is 2.27. The third kappa shape index (κ3) is 2.57. The van der Waals surface area contributed by atoms with Gasteiger partial charge in [-0.2, -0.15) is 0 Å². The number of nitrogens with one attached hydrogen (secondary N) is 1. The molecule has 0 radical (unpaired) electrons. The SMILES string of the molecule is CNc1nc(-c2ncccc2C)nc(C)c1C(C)C. The summed E-state index contributed by atoms with van der Waals surface area (Å²) in [6.45, 7) is 8.35. The molecule has 4 heteroatoms. The van der Waals surface area contributed by atoms with Gasteiger partial charge in [0.25, 0.3) is 0 Å². The number of hydrogen-bond acceptors (Lipinski definition) is 4. The first kappa shape index (κ1) is 13.5. The highest BCUT2D eigenvalue weighted by Gasteiger charge is 2.16. The van der Waals surface area contributed by atoms with Crippen LogP contribution in [-0.4, -0.2) is 22.0 Å². The molecule has 0 saturated heterocycles. The zero-order valence-corrected chi connectivity index (χ0v) is 12.2. The number of nitrogens with zero attached hydrogens (tertiary/aromatic N) is 3. The Morgan fingerprint density at radius 3 is 2.47 bits per heavy atom. The predicted octanol–water partition coefficient (Wildman–Crippen LogP) is 3.32. The summed E-state index contributed by atoms with van der Waals surface area (Å²) >= 11 is 0. The first-order valence-corrected chi connectivity index (χ1v) is 6.52. The molecule has 0 fully saturated rings. The Balaban J connectivity index is 2.62. The van der Waals surface area contributed by atoms with Gasteiger partial charge in [0, 0.05) is 24.5 Å². The summed E-state index contributed by atoms with van der Waals surface area (Å²) in [5, 5.41) is 3.17. The minimum absolute atomic E-state index is 0.390. The fraction of sp³-hybridized carbons (Fsp3) is 0.400. The van der Waals surface area contributed by atoms with Gasteiger partial charge in [0.2, 0.25) is 0 Å². The lowest BCUT2D eigenvalue weighted by molar-refractivity contribution is 0.832. The largest absolute Gasteiger partial charge is 0.373 e. The predicted molar refractivity (Wildman–Crippen MR) is 78.4 cm³/mol. The van der Waals surface area contributed by atoms with E-state index in [0.29, 0.717) is 11.7 Å². The van der Waals surface area contributed by atoms with E-state index in [1.54, 1.807) is 6.20 Å². The second-order valence-electron chi connectivity index (χ2n) is 4.97. The van der Waals surface area contributed by atoms with Crippen LogP contribution in [-0.2, 0) is 0 Å². The van der Waals surface area contributed by atoms with E-state index in [2.05, 4.69) is 34.1 Å². The Labute approximate surface area is 114 Å². The number of aromatic nitrogens is 3. The molecule has 2 heterocycles. The molecule has 0 aliphatic rings. The molecular formula is C15H20N4. The molecule has 100 valence electrons. The molecule has 1 N–H and O–H groups in total. The first-order chi connectivity index (χ1) is 9.04. The minimum atomic E-state index is 0.390. The second kappa shape index (κ2) is 5.34. The third-order valence-electron chi connectivity index (χ3n) is 3.17. The molecule has 0 amide bonds. The summed E-state index contributed by atoms with van der Waals surface area (Å²) in [4.78, 5) is 13.6. The van der Waals surface area contributed by atoms with Gasteiger partial charge < -0.3 is 5.32 Å². The summed E-state index contributed by atoms with van der Waals surface area (Å²) in [5.74, 6) is 1.97. The topological polar surface area (TPSA) is 50.7 Å². The maximum Gasteiger partial charge on any atom is 0.180 e. The van der Waals surface area contributed by atoms with Crippen LogP contribution >= 0.6 is 0 Å². The van der Waals surface area contributed by atoms with Gasteiger partial charge in [-0.15, -0.1) is 0 Å². The van der Waals surface area contributed by atoms with Crippen LogP contribution in [0, 0.1) is 13.8 Å². The van der Waals surface area contributed by atoms with Crippen LogP contribution in [0.2, 0.25) is 0 Å². The molecule has 4 nitrogen and oxygen atoms in total. The van der Waals surface area contributed by atoms with Gasteiger partial charge in [0.05, 0.1) is 0 Å². The zero-order chi connectivity index (χ0) is 14.0. The third-order valence-corrected chi connectivity index (χ3v) is 3.17. The monoisotopic (exact) mass is 256 g/mol. The summed E-state index contributed by atoms with van der Waals surface area (Å²) < 4.78 is 0. The van der Waals surface area contributed by atoms with Crippen molar-refractivity contribution in [3.8, 4) is 11.5 Å². The number of rotatable bonds is 3. The van der Waals surface area contributed by atoms with E-state index in [1.807, 2.05) is 33.0 Å². The van der Waals surface area contributed by atoms with Crippen LogP contribution in [0.3, 0.4) is 0 Å². The number of hydrogen-bond donors (Lipinski definition) is 1. The normalized spacial score (nSPS) is 10.8. The Morgan fingerprint density at radius 2 is 1.89 bits per heavy atom. The Hall–Kier alpha value is -1.97. The van der Waals surface area contributed by atoms with Crippen LogP contribution in [0.5, 0.6) is 0 Å². The molecule has 0 aliphatic heterocycles. The van der Waals surface area contributed by atoms with Gasteiger partial charge in [0.1, 0.15) is 11.5 Å². The van der Waals surface area contributed by atoms with Crippen LogP contribution in [0.15, 0.2) is 18.3 Å². The first-order valence-electron chi connectivity index (χ1n) is 6.52. The molecular weight excluding hydrogens is 236 g/mol. The molecule has 2 aromatic heterocycles. The van der Waals surface area contributed by atoms with E-state index in [9.17, 15) is 0 Å². The fourth-order valence-corrected chi connectivity index (χ4v) is 2.29. The van der Waals surface area contributed by atoms with E-state index in [-0.39, 0.29) is 0 Å². The van der Waals surface area contributed by atoms with Gasteiger partial charge in [-0.1, -0.05) is 19.9 Å². The Kier molecular flexibility index (Phi) is 3.79. The van der Waals surface area contributed by atoms with Gasteiger partial charge in [0.15, 0.2) is 5.82 Å². The van der Waals surface area contributed by atoms with Gasteiger partial charge in [-0.3, -0.25) is 4.98 Å². The van der Waals surface area contributed by atoms with E-state index in [0.717, 1.165) is 22.8 Å². The van der Waals surface area contributed by atoms with Gasteiger partial charge >= 0.3 is 0 Å². The maximum absolute atomic E-state index is 4.62. The molecule has 19 heavy (non-hydrogen) atoms. The van der Waals surface area contributed by atoms with Crippen molar-refractivity contribution in [2.45, 2.75) is 33.6 Å². The van der Waals surface area contributed by atoms with Crippen LogP contribution in [0.25, 0.3) is 11.5 Å². The van der Waals surface area contributed by atoms with E-state index in [4.69, 9.17) is 0 Å². The summed E-state index contributed by atoms with van der Waals surface area (Å²) in [6, 6.07) is 3.95. The standard InChI is InChI=1S/C15H20N4/c1-9(2)12-11(4)18-15(19-14(12)16-5)13-10(3)7-6-8-17-13/h6-9H,1-5H3,(H,16,18,19). The number of aryl methyl sites for hydroxylation is 2. The Bertz CT molecular complexity index is 591. The van der Waals surface area contributed by atoms with Crippen molar-refractivity contribution < 1.29 is 0 Å². The van der Waals surface area contributed by atoms with Crippen molar-refractivity contribution in [2.24, 2.45) is 0 Å². The quantitative estimate of drug-likeness (QED) is 0.915. The van der Waals surface area contributed by atoms with Crippen LogP contribution < -0.4 is 5.32 Å². The van der Waals surface area contributed by atoms with Gasteiger partial charge in [-0.05, 0) is 31.4 Å². The van der Waals surface area contributed by atoms with Gasteiger partial charge in [-0.25, -0.2) is 9.97 Å². The van der Waals surface area contributed by atoms with Crippen molar-refractivity contribution >= 4 is 5.82 Å². The summed E-state index contributed by atoms with van der Waals surface area (Å²) in [5.41, 5.74) is 4.10. The van der Waals surface area contributed by atoms with Crippen molar-refractivity contribution in [3.63, 3.8) is 0 Å². The number of pyridine rings is 1. The summed E-state index contributed by atoms with van der Waals surface area (Å²) in [7, 11) is 1.89. The number of anilines is 1. The van der Waals surface area contributed by atoms with Crippen LogP contribution in [0.4, 0.5) is 5.82 Å². The lowest BCUT2D eigenvalue weighted by Gasteiger charge is -2.15. The Morgan fingerprint density at radius 1 is 1.16 bits per heavy atom. The average Bonchev–Trinajstić information content (AvgIpc) is 2.37. The maximum atomic E-state index is 4.62. The minimum Gasteiger partial charge on any atom is -0.373 e. The summed E-state index contributed by atoms with van der Waals surface area (Å²) in [6.07, 6.45) is 1.77. The molecule has 2 rings (SSSR count). The van der Waals surface area contributed by atoms with E-state index in [1.165, 1.54) is 5.56 Å². The van der Waals surface area contributed by atoms with E-state index < -0.39 is 0 Å². The second-order valence-corrected chi connectivity index (χ2v) is 4.97. The molecule has 0 atom stereocenters. The fourth-order valence-electron chi connectivity index (χ4n) is 2.29. The smallest absolute Gasteiger partial charge is 0.180 e. The molecule has 0 unspecified atom stereocenters. The van der Waals surface area contributed by atoms with E-state index >= 15 is 0 Å². The highest BCUT2D eigenvalue weighted by atomic mass is 15.0. The molecule has 0 saturated carbocycles. The lowest BCUT2D eigenvalue weighted by Crippen LogP contribution is -2.07. The molecule has 2 aromatic rings. The molecule has 0 aliphatic carbocycles. The van der Waals surface area contributed by atoms with Crippen molar-refractivity contribution in [2.75, 3.05) is 12.4 Å². The highest BCUT2D eigenvalue weighted by molar-refractivity contribution is 5.59. The van der Waals surface area contributed by atoms with Crippen molar-refractivity contribution in [1.29, 1.82) is 0 Å². The molecule has 0 bridgehead atoms. The average molecular weight is 256 g/mol. The molecule has 0 spiro atoms. The molecule has 0 aromatic carbocycles. The van der Waals surface area contributed by atoms with Crippen molar-refractivity contribution in [1.82, 2.24) is 15.0 Å². The van der Waals surface area contributed by atoms with Crippen molar-refractivity contribution in [3.05, 3.63) is 35.2 Å². The zero-order valence-electron chi connectivity index (χ0n) is 12.2. The lowest BCUT2D eigenvalue weighted by atomic mass is 10.0. The van der Waals surface area contributed by atoms with Crippen LogP contribution in [0.1, 0.15) is 36.6 Å².